The molecule has 1 aliphatic heterocycles. The zero-order chi connectivity index (χ0) is 15.1. The maximum Gasteiger partial charge on any atom is 0.552 e. The van der Waals surface area contributed by atoms with Crippen molar-refractivity contribution in [3.05, 3.63) is 35.9 Å². The summed E-state index contributed by atoms with van der Waals surface area (Å²) in [4.78, 5) is 22.0. The summed E-state index contributed by atoms with van der Waals surface area (Å²) in [7, 11) is -1.64. The highest BCUT2D eigenvalue weighted by Crippen LogP contribution is 2.16. The number of benzene rings is 1. The average Bonchev–Trinajstić information content (AvgIpc) is 2.90. The molecule has 1 fully saturated rings. The lowest BCUT2D eigenvalue weighted by atomic mass is 10.0. The molecule has 0 unspecified atom stereocenters. The van der Waals surface area contributed by atoms with Crippen molar-refractivity contribution >= 4 is 19.1 Å². The molecule has 1 amide bonds. The second kappa shape index (κ2) is 7.64. The Morgan fingerprint density at radius 2 is 1.85 bits per heavy atom. The number of carbonyl (C=O) groups excluding carboxylic acids is 1. The topological polar surface area (TPSA) is 124 Å². The van der Waals surface area contributed by atoms with Crippen molar-refractivity contribution in [3.8, 4) is 0 Å². The van der Waals surface area contributed by atoms with Gasteiger partial charge in [0.15, 0.2) is 0 Å². The van der Waals surface area contributed by atoms with Gasteiger partial charge in [-0.2, -0.15) is 0 Å². The van der Waals surface area contributed by atoms with Crippen LogP contribution in [0.2, 0.25) is 0 Å². The number of carboxylic acids is 1. The Hall–Kier alpha value is -1.90. The van der Waals surface area contributed by atoms with Gasteiger partial charge in [0.1, 0.15) is 6.04 Å². The Morgan fingerprint density at radius 3 is 2.20 bits per heavy atom. The standard InChI is InChI=1S/C7H7NO.C5H10BNO4/c8-7(9)6-4-2-1-3-5-6;8-5(9)4-2-1-3-7(4)6(10)11/h1-5H,(H2,8,9);4,10-11H,1-3H2,(H,8,9)/t;4-/m.0/s1. The van der Waals surface area contributed by atoms with Crippen molar-refractivity contribution in [2.24, 2.45) is 5.73 Å². The molecule has 5 N–H and O–H groups in total. The number of hydrogen-bond donors (Lipinski definition) is 4. The summed E-state index contributed by atoms with van der Waals surface area (Å²) in [5.74, 6) is -1.37. The predicted octanol–water partition coefficient (Wildman–Crippen LogP) is -0.710. The first kappa shape index (κ1) is 16.2. The summed E-state index contributed by atoms with van der Waals surface area (Å²) in [5.41, 5.74) is 5.53. The van der Waals surface area contributed by atoms with Crippen LogP contribution in [0.5, 0.6) is 0 Å². The van der Waals surface area contributed by atoms with Gasteiger partial charge in [-0.05, 0) is 31.5 Å². The van der Waals surface area contributed by atoms with E-state index in [2.05, 4.69) is 0 Å². The highest BCUT2D eigenvalue weighted by Gasteiger charge is 2.36. The number of carbonyl (C=O) groups is 2. The lowest BCUT2D eigenvalue weighted by Crippen LogP contribution is -2.46. The fraction of sp³-hybridized carbons (Fsp3) is 0.333. The van der Waals surface area contributed by atoms with Crippen LogP contribution >= 0.6 is 0 Å². The maximum absolute atomic E-state index is 10.5. The molecule has 0 spiro atoms. The van der Waals surface area contributed by atoms with Gasteiger partial charge in [-0.3, -0.25) is 14.4 Å². The molecule has 7 nitrogen and oxygen atoms in total. The van der Waals surface area contributed by atoms with Crippen molar-refractivity contribution in [1.29, 1.82) is 0 Å². The zero-order valence-electron chi connectivity index (χ0n) is 10.8. The van der Waals surface area contributed by atoms with Gasteiger partial charge < -0.3 is 20.9 Å². The Labute approximate surface area is 116 Å². The van der Waals surface area contributed by atoms with Crippen LogP contribution in [0, 0.1) is 0 Å². The third-order valence-corrected chi connectivity index (χ3v) is 2.93. The molecular formula is C12H17BN2O5. The summed E-state index contributed by atoms with van der Waals surface area (Å²) in [6.45, 7) is 0.439. The average molecular weight is 280 g/mol. The molecule has 20 heavy (non-hydrogen) atoms. The van der Waals surface area contributed by atoms with Crippen molar-refractivity contribution in [3.63, 3.8) is 0 Å². The summed E-state index contributed by atoms with van der Waals surface area (Å²) in [5, 5.41) is 25.9. The number of amides is 1. The summed E-state index contributed by atoms with van der Waals surface area (Å²) in [6, 6.07) is 8.03. The fourth-order valence-corrected chi connectivity index (χ4v) is 1.93. The Kier molecular flexibility index (Phi) is 6.17. The lowest BCUT2D eigenvalue weighted by molar-refractivity contribution is -0.141. The molecule has 1 heterocycles. The molecule has 1 aliphatic rings. The molecule has 2 rings (SSSR count). The summed E-state index contributed by atoms with van der Waals surface area (Å²) in [6.07, 6.45) is 1.20. The molecule has 0 aliphatic carbocycles. The van der Waals surface area contributed by atoms with Crippen molar-refractivity contribution in [2.75, 3.05) is 6.54 Å². The van der Waals surface area contributed by atoms with E-state index in [4.69, 9.17) is 20.9 Å². The van der Waals surface area contributed by atoms with Gasteiger partial charge >= 0.3 is 13.2 Å². The molecule has 1 aromatic carbocycles. The number of carboxylic acid groups (broad SMARTS) is 1. The SMILES string of the molecule is NC(=O)c1ccccc1.O=C(O)[C@@H]1CCCN1B(O)O. The van der Waals surface area contributed by atoms with E-state index in [-0.39, 0.29) is 5.91 Å². The largest absolute Gasteiger partial charge is 0.552 e. The zero-order valence-corrected chi connectivity index (χ0v) is 10.8. The monoisotopic (exact) mass is 280 g/mol. The number of nitrogens with two attached hydrogens (primary N) is 1. The molecule has 0 radical (unpaired) electrons. The van der Waals surface area contributed by atoms with Crippen LogP contribution in [0.4, 0.5) is 0 Å². The van der Waals surface area contributed by atoms with Gasteiger partial charge in [-0.1, -0.05) is 18.2 Å². The lowest BCUT2D eigenvalue weighted by Gasteiger charge is -2.18. The van der Waals surface area contributed by atoms with Crippen LogP contribution in [0.15, 0.2) is 30.3 Å². The van der Waals surface area contributed by atoms with Crippen molar-refractivity contribution in [1.82, 2.24) is 4.81 Å². The van der Waals surface area contributed by atoms with Crippen LogP contribution in [0.3, 0.4) is 0 Å². The maximum atomic E-state index is 10.5. The van der Waals surface area contributed by atoms with Crippen LogP contribution in [0.1, 0.15) is 23.2 Å². The van der Waals surface area contributed by atoms with Gasteiger partial charge in [0.2, 0.25) is 5.91 Å². The van der Waals surface area contributed by atoms with Gasteiger partial charge in [0.25, 0.3) is 0 Å². The van der Waals surface area contributed by atoms with Gasteiger partial charge in [-0.15, -0.1) is 0 Å². The minimum Gasteiger partial charge on any atom is -0.480 e. The minimum absolute atomic E-state index is 0.379. The molecule has 0 bridgehead atoms. The number of hydrogen-bond acceptors (Lipinski definition) is 5. The fourth-order valence-electron chi connectivity index (χ4n) is 1.93. The molecule has 8 heteroatoms. The smallest absolute Gasteiger partial charge is 0.480 e. The predicted molar refractivity (Wildman–Crippen MR) is 72.5 cm³/mol. The first-order valence-corrected chi connectivity index (χ1v) is 6.13. The van der Waals surface area contributed by atoms with Crippen LogP contribution in [0.25, 0.3) is 0 Å². The highest BCUT2D eigenvalue weighted by molar-refractivity contribution is 6.38. The van der Waals surface area contributed by atoms with E-state index < -0.39 is 19.3 Å². The van der Waals surface area contributed by atoms with E-state index in [0.717, 1.165) is 4.81 Å². The van der Waals surface area contributed by atoms with E-state index in [1.807, 2.05) is 6.07 Å². The quantitative estimate of drug-likeness (QED) is 0.542. The van der Waals surface area contributed by atoms with E-state index in [0.29, 0.717) is 24.9 Å². The summed E-state index contributed by atoms with van der Waals surface area (Å²) >= 11 is 0. The van der Waals surface area contributed by atoms with E-state index in [1.165, 1.54) is 0 Å². The van der Waals surface area contributed by atoms with Crippen LogP contribution < -0.4 is 5.73 Å². The molecule has 1 atom stereocenters. The van der Waals surface area contributed by atoms with Gasteiger partial charge in [0, 0.05) is 5.56 Å². The summed E-state index contributed by atoms with van der Waals surface area (Å²) < 4.78 is 0. The van der Waals surface area contributed by atoms with E-state index in [1.54, 1.807) is 24.3 Å². The Bertz CT molecular complexity index is 454. The van der Waals surface area contributed by atoms with Crippen molar-refractivity contribution < 1.29 is 24.7 Å². The third-order valence-electron chi connectivity index (χ3n) is 2.93. The number of aliphatic carboxylic acids is 1. The highest BCUT2D eigenvalue weighted by atomic mass is 16.4. The molecule has 0 aromatic heterocycles. The first-order valence-electron chi connectivity index (χ1n) is 6.13. The number of primary amides is 1. The first-order chi connectivity index (χ1) is 9.43. The number of nitrogens with zero attached hydrogens (tertiary/aromatic N) is 1. The Morgan fingerprint density at radius 1 is 1.25 bits per heavy atom. The molecule has 0 saturated carbocycles. The van der Waals surface area contributed by atoms with Gasteiger partial charge in [0.05, 0.1) is 0 Å². The van der Waals surface area contributed by atoms with Crippen molar-refractivity contribution in [2.45, 2.75) is 18.9 Å². The molecule has 1 saturated heterocycles. The van der Waals surface area contributed by atoms with Gasteiger partial charge in [-0.25, -0.2) is 0 Å². The van der Waals surface area contributed by atoms with E-state index in [9.17, 15) is 9.59 Å². The second-order valence-corrected chi connectivity index (χ2v) is 4.31. The van der Waals surface area contributed by atoms with Crippen LogP contribution in [-0.4, -0.2) is 51.7 Å². The second-order valence-electron chi connectivity index (χ2n) is 4.31. The third kappa shape index (κ3) is 4.65. The molecule has 1 aromatic rings. The van der Waals surface area contributed by atoms with Crippen LogP contribution in [-0.2, 0) is 4.79 Å². The number of rotatable bonds is 3. The Balaban J connectivity index is 0.000000204. The molecular weight excluding hydrogens is 263 g/mol. The van der Waals surface area contributed by atoms with E-state index >= 15 is 0 Å². The normalized spacial score (nSPS) is 18.0. The minimum atomic E-state index is -1.64. The molecule has 108 valence electrons.